The molecule has 0 unspecified atom stereocenters. The highest BCUT2D eigenvalue weighted by molar-refractivity contribution is 7.13. The first kappa shape index (κ1) is 15.9. The van der Waals surface area contributed by atoms with Gasteiger partial charge in [0.2, 0.25) is 0 Å². The molecule has 0 radical (unpaired) electrons. The van der Waals surface area contributed by atoms with Gasteiger partial charge in [-0.1, -0.05) is 41.9 Å². The van der Waals surface area contributed by atoms with Crippen LogP contribution >= 0.6 is 22.9 Å². The molecule has 25 heavy (non-hydrogen) atoms. The third kappa shape index (κ3) is 2.81. The molecule has 0 aliphatic heterocycles. The maximum atomic E-state index is 12.4. The number of halogens is 1. The summed E-state index contributed by atoms with van der Waals surface area (Å²) in [6.07, 6.45) is 0. The highest BCUT2D eigenvalue weighted by Gasteiger charge is 2.15. The van der Waals surface area contributed by atoms with Gasteiger partial charge in [0.1, 0.15) is 5.01 Å². The number of benzene rings is 2. The van der Waals surface area contributed by atoms with Crippen molar-refractivity contribution in [1.82, 2.24) is 4.98 Å². The standard InChI is InChI=1S/C19H12ClNO3S/c1-23-16-8-4-5-11-9-13(19(22)24-17(11)16)15-10-25-18(21-15)12-6-2-3-7-14(12)20/h2-10H,1H3. The van der Waals surface area contributed by atoms with Crippen LogP contribution in [-0.2, 0) is 0 Å². The van der Waals surface area contributed by atoms with Crippen LogP contribution in [-0.4, -0.2) is 12.1 Å². The minimum absolute atomic E-state index is 0.412. The molecule has 0 atom stereocenters. The molecule has 0 saturated heterocycles. The minimum Gasteiger partial charge on any atom is -0.493 e. The van der Waals surface area contributed by atoms with Crippen molar-refractivity contribution < 1.29 is 9.15 Å². The molecule has 124 valence electrons. The third-order valence-electron chi connectivity index (χ3n) is 3.83. The van der Waals surface area contributed by atoms with Crippen molar-refractivity contribution in [3.8, 4) is 27.6 Å². The van der Waals surface area contributed by atoms with E-state index >= 15 is 0 Å². The first-order valence-corrected chi connectivity index (χ1v) is 8.75. The van der Waals surface area contributed by atoms with Gasteiger partial charge in [0.25, 0.3) is 0 Å². The van der Waals surface area contributed by atoms with Crippen LogP contribution in [0.3, 0.4) is 0 Å². The summed E-state index contributed by atoms with van der Waals surface area (Å²) in [6.45, 7) is 0. The van der Waals surface area contributed by atoms with E-state index in [4.69, 9.17) is 20.8 Å². The van der Waals surface area contributed by atoms with E-state index in [1.807, 2.05) is 41.8 Å². The van der Waals surface area contributed by atoms with Crippen LogP contribution in [0.1, 0.15) is 0 Å². The Morgan fingerprint density at radius 2 is 1.96 bits per heavy atom. The van der Waals surface area contributed by atoms with Crippen molar-refractivity contribution in [3.05, 3.63) is 69.4 Å². The number of rotatable bonds is 3. The van der Waals surface area contributed by atoms with Crippen LogP contribution < -0.4 is 10.4 Å². The molecule has 4 aromatic rings. The Hall–Kier alpha value is -2.63. The van der Waals surface area contributed by atoms with Crippen LogP contribution in [0.15, 0.2) is 63.1 Å². The van der Waals surface area contributed by atoms with Gasteiger partial charge >= 0.3 is 5.63 Å². The molecule has 0 spiro atoms. The smallest absolute Gasteiger partial charge is 0.345 e. The average molecular weight is 370 g/mol. The normalized spacial score (nSPS) is 11.0. The van der Waals surface area contributed by atoms with Gasteiger partial charge in [-0.15, -0.1) is 11.3 Å². The number of fused-ring (bicyclic) bond motifs is 1. The summed E-state index contributed by atoms with van der Waals surface area (Å²) in [5, 5.41) is 3.99. The maximum absolute atomic E-state index is 12.4. The Bertz CT molecular complexity index is 1130. The molecule has 2 aromatic carbocycles. The highest BCUT2D eigenvalue weighted by Crippen LogP contribution is 2.33. The topological polar surface area (TPSA) is 52.3 Å². The van der Waals surface area contributed by atoms with E-state index < -0.39 is 5.63 Å². The molecule has 0 bridgehead atoms. The van der Waals surface area contributed by atoms with Crippen molar-refractivity contribution in [1.29, 1.82) is 0 Å². The lowest BCUT2D eigenvalue weighted by Gasteiger charge is -2.04. The molecule has 0 fully saturated rings. The second-order valence-electron chi connectivity index (χ2n) is 5.34. The van der Waals surface area contributed by atoms with E-state index in [2.05, 4.69) is 4.98 Å². The number of hydrogen-bond donors (Lipinski definition) is 0. The zero-order chi connectivity index (χ0) is 17.4. The Labute approximate surface area is 152 Å². The number of aromatic nitrogens is 1. The second-order valence-corrected chi connectivity index (χ2v) is 6.61. The lowest BCUT2D eigenvalue weighted by molar-refractivity contribution is 0.407. The molecular weight excluding hydrogens is 358 g/mol. The number of methoxy groups -OCH3 is 1. The number of para-hydroxylation sites is 1. The van der Waals surface area contributed by atoms with Gasteiger partial charge in [-0.3, -0.25) is 0 Å². The van der Waals surface area contributed by atoms with E-state index in [0.717, 1.165) is 16.0 Å². The van der Waals surface area contributed by atoms with Crippen LogP contribution in [0.4, 0.5) is 0 Å². The Morgan fingerprint density at radius 1 is 1.12 bits per heavy atom. The SMILES string of the molecule is COc1cccc2cc(-c3csc(-c4ccccc4Cl)n3)c(=O)oc12. The summed E-state index contributed by atoms with van der Waals surface area (Å²) < 4.78 is 10.7. The first-order chi connectivity index (χ1) is 12.2. The quantitative estimate of drug-likeness (QED) is 0.463. The van der Waals surface area contributed by atoms with Gasteiger partial charge in [0.15, 0.2) is 11.3 Å². The van der Waals surface area contributed by atoms with Gasteiger partial charge in [-0.05, 0) is 18.2 Å². The van der Waals surface area contributed by atoms with Gasteiger partial charge < -0.3 is 9.15 Å². The number of ether oxygens (including phenoxy) is 1. The number of nitrogens with zero attached hydrogens (tertiary/aromatic N) is 1. The summed E-state index contributed by atoms with van der Waals surface area (Å²) in [4.78, 5) is 17.0. The molecule has 0 saturated carbocycles. The second kappa shape index (κ2) is 6.35. The van der Waals surface area contributed by atoms with E-state index in [1.165, 1.54) is 11.3 Å². The van der Waals surface area contributed by atoms with E-state index in [9.17, 15) is 4.79 Å². The van der Waals surface area contributed by atoms with Gasteiger partial charge in [-0.2, -0.15) is 0 Å². The fraction of sp³-hybridized carbons (Fsp3) is 0.0526. The predicted octanol–water partition coefficient (Wildman–Crippen LogP) is 5.25. The minimum atomic E-state index is -0.451. The number of thiazole rings is 1. The van der Waals surface area contributed by atoms with Crippen LogP contribution in [0, 0.1) is 0 Å². The van der Waals surface area contributed by atoms with E-state index in [0.29, 0.717) is 27.6 Å². The van der Waals surface area contributed by atoms with Crippen molar-refractivity contribution in [2.24, 2.45) is 0 Å². The molecule has 2 heterocycles. The summed E-state index contributed by atoms with van der Waals surface area (Å²) in [6, 6.07) is 14.7. The Morgan fingerprint density at radius 3 is 2.76 bits per heavy atom. The van der Waals surface area contributed by atoms with E-state index in [1.54, 1.807) is 19.2 Å². The molecule has 0 N–H and O–H groups in total. The van der Waals surface area contributed by atoms with Crippen molar-refractivity contribution in [3.63, 3.8) is 0 Å². The third-order valence-corrected chi connectivity index (χ3v) is 5.03. The molecule has 0 amide bonds. The van der Waals surface area contributed by atoms with Crippen LogP contribution in [0.25, 0.3) is 32.8 Å². The molecule has 0 aliphatic carbocycles. The Kier molecular flexibility index (Phi) is 4.03. The lowest BCUT2D eigenvalue weighted by Crippen LogP contribution is -2.03. The van der Waals surface area contributed by atoms with Gasteiger partial charge in [-0.25, -0.2) is 9.78 Å². The van der Waals surface area contributed by atoms with Crippen LogP contribution in [0.2, 0.25) is 5.02 Å². The van der Waals surface area contributed by atoms with Gasteiger partial charge in [0, 0.05) is 16.3 Å². The van der Waals surface area contributed by atoms with Gasteiger partial charge in [0.05, 0.1) is 23.4 Å². The summed E-state index contributed by atoms with van der Waals surface area (Å²) in [5.74, 6) is 0.524. The van der Waals surface area contributed by atoms with E-state index in [-0.39, 0.29) is 0 Å². The number of hydrogen-bond acceptors (Lipinski definition) is 5. The Balaban J connectivity index is 1.85. The molecular formula is C19H12ClNO3S. The average Bonchev–Trinajstić information content (AvgIpc) is 3.10. The molecule has 6 heteroatoms. The molecule has 2 aromatic heterocycles. The highest BCUT2D eigenvalue weighted by atomic mass is 35.5. The van der Waals surface area contributed by atoms with Crippen molar-refractivity contribution in [2.45, 2.75) is 0 Å². The summed E-state index contributed by atoms with van der Waals surface area (Å²) in [5.41, 5.74) is 1.80. The largest absolute Gasteiger partial charge is 0.493 e. The van der Waals surface area contributed by atoms with Crippen molar-refractivity contribution >= 4 is 33.9 Å². The molecule has 4 nitrogen and oxygen atoms in total. The fourth-order valence-corrected chi connectivity index (χ4v) is 3.75. The first-order valence-electron chi connectivity index (χ1n) is 7.49. The predicted molar refractivity (Wildman–Crippen MR) is 101 cm³/mol. The maximum Gasteiger partial charge on any atom is 0.345 e. The van der Waals surface area contributed by atoms with Crippen LogP contribution in [0.5, 0.6) is 5.75 Å². The zero-order valence-electron chi connectivity index (χ0n) is 13.2. The summed E-state index contributed by atoms with van der Waals surface area (Å²) in [7, 11) is 1.54. The fourth-order valence-electron chi connectivity index (χ4n) is 2.61. The monoisotopic (exact) mass is 369 g/mol. The molecule has 0 aliphatic rings. The van der Waals surface area contributed by atoms with Crippen molar-refractivity contribution in [2.75, 3.05) is 7.11 Å². The zero-order valence-corrected chi connectivity index (χ0v) is 14.7. The summed E-state index contributed by atoms with van der Waals surface area (Å²) >= 11 is 7.66. The lowest BCUT2D eigenvalue weighted by atomic mass is 10.1. The molecule has 4 rings (SSSR count).